The summed E-state index contributed by atoms with van der Waals surface area (Å²) in [5, 5.41) is 20.1. The predicted molar refractivity (Wildman–Crippen MR) is 57.7 cm³/mol. The SMILES string of the molecule is CC(=O)[C@H](O)[C@@H](C[N+](=O)[O-])c1ccccc1. The first-order chi connectivity index (χ1) is 7.52. The number of aliphatic hydroxyl groups excluding tert-OH is 1. The molecule has 0 spiro atoms. The van der Waals surface area contributed by atoms with Gasteiger partial charge in [0.15, 0.2) is 5.78 Å². The molecular weight excluding hydrogens is 210 g/mol. The summed E-state index contributed by atoms with van der Waals surface area (Å²) in [4.78, 5) is 21.0. The fourth-order valence-electron chi connectivity index (χ4n) is 1.53. The van der Waals surface area contributed by atoms with E-state index in [4.69, 9.17) is 0 Å². The van der Waals surface area contributed by atoms with Gasteiger partial charge in [0.2, 0.25) is 6.54 Å². The lowest BCUT2D eigenvalue weighted by atomic mass is 9.91. The normalized spacial score (nSPS) is 14.1. The average Bonchev–Trinajstić information content (AvgIpc) is 2.26. The van der Waals surface area contributed by atoms with Gasteiger partial charge in [-0.3, -0.25) is 14.9 Å². The maximum absolute atomic E-state index is 11.1. The number of Topliss-reactive ketones (excluding diaryl/α,β-unsaturated/α-hetero) is 1. The smallest absolute Gasteiger partial charge is 0.213 e. The first-order valence-corrected chi connectivity index (χ1v) is 4.87. The van der Waals surface area contributed by atoms with Crippen LogP contribution in [0.25, 0.3) is 0 Å². The molecule has 1 N–H and O–H groups in total. The minimum atomic E-state index is -1.33. The van der Waals surface area contributed by atoms with Crippen molar-refractivity contribution in [3.8, 4) is 0 Å². The lowest BCUT2D eigenvalue weighted by Gasteiger charge is -2.17. The van der Waals surface area contributed by atoms with Crippen LogP contribution in [0.2, 0.25) is 0 Å². The largest absolute Gasteiger partial charge is 0.384 e. The molecule has 0 aliphatic carbocycles. The van der Waals surface area contributed by atoms with Gasteiger partial charge in [-0.2, -0.15) is 0 Å². The minimum Gasteiger partial charge on any atom is -0.384 e. The molecular formula is C11H13NO4. The molecule has 0 aliphatic rings. The molecule has 86 valence electrons. The van der Waals surface area contributed by atoms with Crippen molar-refractivity contribution in [3.05, 3.63) is 46.0 Å². The number of hydrogen-bond donors (Lipinski definition) is 1. The van der Waals surface area contributed by atoms with E-state index in [9.17, 15) is 20.0 Å². The van der Waals surface area contributed by atoms with Gasteiger partial charge in [-0.25, -0.2) is 0 Å². The highest BCUT2D eigenvalue weighted by atomic mass is 16.6. The highest BCUT2D eigenvalue weighted by Crippen LogP contribution is 2.20. The van der Waals surface area contributed by atoms with Crippen molar-refractivity contribution < 1.29 is 14.8 Å². The maximum atomic E-state index is 11.1. The zero-order valence-corrected chi connectivity index (χ0v) is 8.87. The van der Waals surface area contributed by atoms with Crippen LogP contribution in [-0.4, -0.2) is 28.5 Å². The van der Waals surface area contributed by atoms with E-state index in [1.807, 2.05) is 0 Å². The van der Waals surface area contributed by atoms with Crippen molar-refractivity contribution >= 4 is 5.78 Å². The minimum absolute atomic E-state index is 0.454. The van der Waals surface area contributed by atoms with Crippen LogP contribution in [-0.2, 0) is 4.79 Å². The number of nitrogens with zero attached hydrogens (tertiary/aromatic N) is 1. The summed E-state index contributed by atoms with van der Waals surface area (Å²) in [5.74, 6) is -1.25. The van der Waals surface area contributed by atoms with Gasteiger partial charge in [0.1, 0.15) is 6.10 Å². The summed E-state index contributed by atoms with van der Waals surface area (Å²) in [6, 6.07) is 8.54. The Morgan fingerprint density at radius 1 is 1.44 bits per heavy atom. The van der Waals surface area contributed by atoms with E-state index in [-0.39, 0.29) is 0 Å². The number of hydrogen-bond acceptors (Lipinski definition) is 4. The fourth-order valence-corrected chi connectivity index (χ4v) is 1.53. The molecule has 5 heteroatoms. The van der Waals surface area contributed by atoms with Crippen LogP contribution in [0, 0.1) is 10.1 Å². The van der Waals surface area contributed by atoms with Gasteiger partial charge in [0, 0.05) is 4.92 Å². The molecule has 0 saturated carbocycles. The molecule has 0 amide bonds. The summed E-state index contributed by atoms with van der Waals surface area (Å²) in [6.45, 7) is 0.769. The highest BCUT2D eigenvalue weighted by Gasteiger charge is 2.29. The number of carbonyl (C=O) groups excluding carboxylic acids is 1. The van der Waals surface area contributed by atoms with Gasteiger partial charge in [0.25, 0.3) is 0 Å². The summed E-state index contributed by atoms with van der Waals surface area (Å²) in [6.07, 6.45) is -1.33. The molecule has 1 rings (SSSR count). The van der Waals surface area contributed by atoms with Crippen molar-refractivity contribution in [1.82, 2.24) is 0 Å². The van der Waals surface area contributed by atoms with Crippen LogP contribution < -0.4 is 0 Å². The number of aliphatic hydroxyl groups is 1. The van der Waals surface area contributed by atoms with Crippen molar-refractivity contribution in [2.45, 2.75) is 18.9 Å². The van der Waals surface area contributed by atoms with E-state index in [1.165, 1.54) is 6.92 Å². The quantitative estimate of drug-likeness (QED) is 0.596. The first-order valence-electron chi connectivity index (χ1n) is 4.87. The maximum Gasteiger partial charge on any atom is 0.213 e. The summed E-state index contributed by atoms with van der Waals surface area (Å²) in [7, 11) is 0. The molecule has 0 aromatic heterocycles. The topological polar surface area (TPSA) is 80.4 Å². The van der Waals surface area contributed by atoms with Crippen LogP contribution in [0.5, 0.6) is 0 Å². The van der Waals surface area contributed by atoms with Crippen molar-refractivity contribution in [3.63, 3.8) is 0 Å². The molecule has 0 unspecified atom stereocenters. The zero-order chi connectivity index (χ0) is 12.1. The molecule has 0 heterocycles. The third-order valence-electron chi connectivity index (χ3n) is 2.37. The molecule has 0 fully saturated rings. The molecule has 5 nitrogen and oxygen atoms in total. The Labute approximate surface area is 92.9 Å². The van der Waals surface area contributed by atoms with Crippen molar-refractivity contribution in [1.29, 1.82) is 0 Å². The summed E-state index contributed by atoms with van der Waals surface area (Å²) < 4.78 is 0. The van der Waals surface area contributed by atoms with Crippen LogP contribution >= 0.6 is 0 Å². The van der Waals surface area contributed by atoms with Gasteiger partial charge in [-0.15, -0.1) is 0 Å². The Hall–Kier alpha value is -1.75. The van der Waals surface area contributed by atoms with E-state index >= 15 is 0 Å². The third kappa shape index (κ3) is 3.13. The van der Waals surface area contributed by atoms with Crippen LogP contribution in [0.15, 0.2) is 30.3 Å². The van der Waals surface area contributed by atoms with Crippen molar-refractivity contribution in [2.24, 2.45) is 0 Å². The monoisotopic (exact) mass is 223 g/mol. The standard InChI is InChI=1S/C11H13NO4/c1-8(13)11(14)10(7-12(15)16)9-5-3-2-4-6-9/h2-6,10-11,14H,7H2,1H3/t10-,11-/m0/s1. The van der Waals surface area contributed by atoms with Crippen LogP contribution in [0.4, 0.5) is 0 Å². The van der Waals surface area contributed by atoms with E-state index in [2.05, 4.69) is 0 Å². The van der Waals surface area contributed by atoms with Gasteiger partial charge in [-0.05, 0) is 12.5 Å². The molecule has 0 bridgehead atoms. The second kappa shape index (κ2) is 5.37. The molecule has 0 aliphatic heterocycles. The molecule has 1 aromatic rings. The lowest BCUT2D eigenvalue weighted by molar-refractivity contribution is -0.484. The van der Waals surface area contributed by atoms with E-state index in [0.717, 1.165) is 0 Å². The molecule has 0 saturated heterocycles. The number of ketones is 1. The van der Waals surface area contributed by atoms with Gasteiger partial charge < -0.3 is 5.11 Å². The van der Waals surface area contributed by atoms with E-state index in [0.29, 0.717) is 5.56 Å². The fraction of sp³-hybridized carbons (Fsp3) is 0.364. The summed E-state index contributed by atoms with van der Waals surface area (Å²) in [5.41, 5.74) is 0.599. The van der Waals surface area contributed by atoms with Gasteiger partial charge in [0.05, 0.1) is 5.92 Å². The summed E-state index contributed by atoms with van der Waals surface area (Å²) >= 11 is 0. The Morgan fingerprint density at radius 2 is 2.00 bits per heavy atom. The number of benzene rings is 1. The van der Waals surface area contributed by atoms with Gasteiger partial charge >= 0.3 is 0 Å². The zero-order valence-electron chi connectivity index (χ0n) is 8.87. The Morgan fingerprint density at radius 3 is 2.44 bits per heavy atom. The first kappa shape index (κ1) is 12.3. The average molecular weight is 223 g/mol. The van der Waals surface area contributed by atoms with Crippen LogP contribution in [0.3, 0.4) is 0 Å². The number of rotatable bonds is 5. The van der Waals surface area contributed by atoms with Crippen LogP contribution in [0.1, 0.15) is 18.4 Å². The van der Waals surface area contributed by atoms with Gasteiger partial charge in [-0.1, -0.05) is 30.3 Å². The van der Waals surface area contributed by atoms with E-state index < -0.39 is 29.3 Å². The Balaban J connectivity index is 2.96. The lowest BCUT2D eigenvalue weighted by Crippen LogP contribution is -2.30. The molecule has 0 radical (unpaired) electrons. The molecule has 1 aromatic carbocycles. The molecule has 2 atom stereocenters. The van der Waals surface area contributed by atoms with Crippen molar-refractivity contribution in [2.75, 3.05) is 6.54 Å². The highest BCUT2D eigenvalue weighted by molar-refractivity contribution is 5.81. The molecule has 16 heavy (non-hydrogen) atoms. The van der Waals surface area contributed by atoms with E-state index in [1.54, 1.807) is 30.3 Å². The Bertz CT molecular complexity index is 377. The Kier molecular flexibility index (Phi) is 4.13. The third-order valence-corrected chi connectivity index (χ3v) is 2.37. The number of carbonyl (C=O) groups is 1. The number of nitro groups is 1. The predicted octanol–water partition coefficient (Wildman–Crippen LogP) is 0.997. The second-order valence-electron chi connectivity index (χ2n) is 3.59. The second-order valence-corrected chi connectivity index (χ2v) is 3.59.